The first-order valence-electron chi connectivity index (χ1n) is 10.9. The van der Waals surface area contributed by atoms with Crippen molar-refractivity contribution in [2.75, 3.05) is 10.6 Å². The van der Waals surface area contributed by atoms with Crippen molar-refractivity contribution in [1.29, 1.82) is 0 Å². The van der Waals surface area contributed by atoms with Crippen molar-refractivity contribution in [2.45, 2.75) is 40.8 Å². The molecule has 34 heavy (non-hydrogen) atoms. The highest BCUT2D eigenvalue weighted by Crippen LogP contribution is 2.24. The lowest BCUT2D eigenvalue weighted by atomic mass is 10.2. The number of aryl methyl sites for hydroxylation is 2. The summed E-state index contributed by atoms with van der Waals surface area (Å²) >= 11 is 11.7. The number of anilines is 2. The fourth-order valence-corrected chi connectivity index (χ4v) is 4.31. The SMILES string of the molecule is Cc1nn(Cc2ccc(F)cc2)c(C)c1NC(=S)Nc1c(C)nn(Cc2cccc(Cl)c2)c1C. The molecule has 0 saturated carbocycles. The van der Waals surface area contributed by atoms with E-state index in [2.05, 4.69) is 20.8 Å². The molecule has 9 heteroatoms. The second-order valence-electron chi connectivity index (χ2n) is 8.24. The van der Waals surface area contributed by atoms with Gasteiger partial charge in [-0.2, -0.15) is 10.2 Å². The predicted molar refractivity (Wildman–Crippen MR) is 139 cm³/mol. The molecule has 0 unspecified atom stereocenters. The highest BCUT2D eigenvalue weighted by atomic mass is 35.5. The van der Waals surface area contributed by atoms with Crippen LogP contribution in [0.15, 0.2) is 48.5 Å². The molecule has 176 valence electrons. The molecule has 2 heterocycles. The number of aromatic nitrogens is 4. The van der Waals surface area contributed by atoms with E-state index in [1.54, 1.807) is 12.1 Å². The zero-order valence-electron chi connectivity index (χ0n) is 19.5. The summed E-state index contributed by atoms with van der Waals surface area (Å²) in [5.74, 6) is -0.252. The van der Waals surface area contributed by atoms with Gasteiger partial charge in [0.15, 0.2) is 5.11 Å². The quantitative estimate of drug-likeness (QED) is 0.320. The molecule has 0 bridgehead atoms. The minimum atomic E-state index is -0.252. The van der Waals surface area contributed by atoms with Crippen molar-refractivity contribution < 1.29 is 4.39 Å². The molecule has 6 nitrogen and oxygen atoms in total. The fourth-order valence-electron chi connectivity index (χ4n) is 3.89. The van der Waals surface area contributed by atoms with Crippen LogP contribution in [0.4, 0.5) is 15.8 Å². The van der Waals surface area contributed by atoms with Crippen LogP contribution in [0.3, 0.4) is 0 Å². The number of benzene rings is 2. The molecule has 0 aliphatic rings. The minimum Gasteiger partial charge on any atom is -0.329 e. The molecule has 0 saturated heterocycles. The van der Waals surface area contributed by atoms with E-state index >= 15 is 0 Å². The number of nitrogens with one attached hydrogen (secondary N) is 2. The summed E-state index contributed by atoms with van der Waals surface area (Å²) in [5.41, 5.74) is 7.36. The lowest BCUT2D eigenvalue weighted by molar-refractivity contribution is 0.622. The third-order valence-corrected chi connectivity index (χ3v) is 6.15. The number of hydrogen-bond acceptors (Lipinski definition) is 3. The molecule has 2 N–H and O–H groups in total. The first kappa shape index (κ1) is 23.9. The van der Waals surface area contributed by atoms with Gasteiger partial charge < -0.3 is 10.6 Å². The van der Waals surface area contributed by atoms with Gasteiger partial charge in [-0.15, -0.1) is 0 Å². The standard InChI is InChI=1S/C25H26ClFN6S/c1-15-23(17(3)32(30-15)13-19-8-10-22(27)11-9-19)28-25(34)29-24-16(2)31-33(18(24)4)14-20-6-5-7-21(26)12-20/h5-12H,13-14H2,1-4H3,(H2,28,29,34). The van der Waals surface area contributed by atoms with E-state index in [1.165, 1.54) is 12.1 Å². The summed E-state index contributed by atoms with van der Waals surface area (Å²) in [6, 6.07) is 14.2. The van der Waals surface area contributed by atoms with Gasteiger partial charge in [0, 0.05) is 5.02 Å². The molecule has 0 atom stereocenters. The number of hydrogen-bond donors (Lipinski definition) is 2. The average molecular weight is 497 g/mol. The molecule has 4 aromatic rings. The Balaban J connectivity index is 1.47. The topological polar surface area (TPSA) is 59.7 Å². The van der Waals surface area contributed by atoms with Crippen molar-refractivity contribution in [3.8, 4) is 0 Å². The van der Waals surface area contributed by atoms with E-state index < -0.39 is 0 Å². The molecule has 0 aliphatic carbocycles. The van der Waals surface area contributed by atoms with Crippen molar-refractivity contribution in [2.24, 2.45) is 0 Å². The van der Waals surface area contributed by atoms with Gasteiger partial charge in [0.25, 0.3) is 0 Å². The third kappa shape index (κ3) is 5.29. The lowest BCUT2D eigenvalue weighted by Gasteiger charge is -2.12. The zero-order valence-corrected chi connectivity index (χ0v) is 21.1. The highest BCUT2D eigenvalue weighted by Gasteiger charge is 2.16. The van der Waals surface area contributed by atoms with Crippen molar-refractivity contribution in [3.05, 3.63) is 93.3 Å². The molecular weight excluding hydrogens is 471 g/mol. The molecule has 2 aromatic heterocycles. The van der Waals surface area contributed by atoms with Gasteiger partial charge in [-0.05, 0) is 75.3 Å². The Bertz CT molecular complexity index is 1340. The number of rotatable bonds is 6. The Hall–Kier alpha value is -3.23. The molecular formula is C25H26ClFN6S. The Kier molecular flexibility index (Phi) is 7.00. The Morgan fingerprint density at radius 3 is 1.91 bits per heavy atom. The van der Waals surface area contributed by atoms with E-state index in [0.717, 1.165) is 45.3 Å². The largest absolute Gasteiger partial charge is 0.329 e. The van der Waals surface area contributed by atoms with Crippen LogP contribution in [0, 0.1) is 33.5 Å². The maximum absolute atomic E-state index is 13.2. The Labute approximate surface area is 208 Å². The minimum absolute atomic E-state index is 0.252. The van der Waals surface area contributed by atoms with E-state index in [0.29, 0.717) is 23.2 Å². The third-order valence-electron chi connectivity index (χ3n) is 5.71. The number of thiocarbonyl (C=S) groups is 1. The van der Waals surface area contributed by atoms with Gasteiger partial charge in [-0.1, -0.05) is 35.9 Å². The lowest BCUT2D eigenvalue weighted by Crippen LogP contribution is -2.21. The summed E-state index contributed by atoms with van der Waals surface area (Å²) in [7, 11) is 0. The van der Waals surface area contributed by atoms with Crippen LogP contribution in [-0.2, 0) is 13.1 Å². The Morgan fingerprint density at radius 2 is 1.38 bits per heavy atom. The second kappa shape index (κ2) is 9.95. The van der Waals surface area contributed by atoms with Crippen LogP contribution in [-0.4, -0.2) is 24.7 Å². The summed E-state index contributed by atoms with van der Waals surface area (Å²) in [4.78, 5) is 0. The van der Waals surface area contributed by atoms with Gasteiger partial charge in [-0.25, -0.2) is 4.39 Å². The maximum atomic E-state index is 13.2. The van der Waals surface area contributed by atoms with Crippen LogP contribution in [0.25, 0.3) is 0 Å². The normalized spacial score (nSPS) is 11.0. The molecule has 0 radical (unpaired) electrons. The van der Waals surface area contributed by atoms with Crippen LogP contribution in [0.5, 0.6) is 0 Å². The summed E-state index contributed by atoms with van der Waals surface area (Å²) in [5, 5.41) is 17.0. The maximum Gasteiger partial charge on any atom is 0.175 e. The summed E-state index contributed by atoms with van der Waals surface area (Å²) in [6.07, 6.45) is 0. The van der Waals surface area contributed by atoms with Crippen molar-refractivity contribution in [1.82, 2.24) is 19.6 Å². The van der Waals surface area contributed by atoms with Gasteiger partial charge in [0.2, 0.25) is 0 Å². The highest BCUT2D eigenvalue weighted by molar-refractivity contribution is 7.80. The molecule has 2 aromatic carbocycles. The second-order valence-corrected chi connectivity index (χ2v) is 9.09. The van der Waals surface area contributed by atoms with E-state index in [-0.39, 0.29) is 5.82 Å². The van der Waals surface area contributed by atoms with E-state index in [4.69, 9.17) is 23.8 Å². The van der Waals surface area contributed by atoms with Gasteiger partial charge in [-0.3, -0.25) is 9.36 Å². The Morgan fingerprint density at radius 1 is 0.853 bits per heavy atom. The van der Waals surface area contributed by atoms with Crippen molar-refractivity contribution >= 4 is 40.3 Å². The molecule has 0 amide bonds. The first-order chi connectivity index (χ1) is 16.2. The van der Waals surface area contributed by atoms with Crippen LogP contribution < -0.4 is 10.6 Å². The van der Waals surface area contributed by atoms with Crippen molar-refractivity contribution in [3.63, 3.8) is 0 Å². The monoisotopic (exact) mass is 496 g/mol. The van der Waals surface area contributed by atoms with E-state index in [1.807, 2.05) is 61.3 Å². The van der Waals surface area contributed by atoms with Gasteiger partial charge in [0.1, 0.15) is 5.82 Å². The van der Waals surface area contributed by atoms with E-state index in [9.17, 15) is 4.39 Å². The smallest absolute Gasteiger partial charge is 0.175 e. The van der Waals surface area contributed by atoms with Gasteiger partial charge in [0.05, 0.1) is 47.2 Å². The summed E-state index contributed by atoms with van der Waals surface area (Å²) in [6.45, 7) is 9.02. The van der Waals surface area contributed by atoms with Crippen LogP contribution in [0.2, 0.25) is 5.02 Å². The van der Waals surface area contributed by atoms with Crippen LogP contribution >= 0.6 is 23.8 Å². The fraction of sp³-hybridized carbons (Fsp3) is 0.240. The molecule has 0 fully saturated rings. The van der Waals surface area contributed by atoms with Crippen LogP contribution in [0.1, 0.15) is 33.9 Å². The van der Waals surface area contributed by atoms with Gasteiger partial charge >= 0.3 is 0 Å². The number of halogens is 2. The average Bonchev–Trinajstić information content (AvgIpc) is 3.19. The number of nitrogens with zero attached hydrogens (tertiary/aromatic N) is 4. The first-order valence-corrected chi connectivity index (χ1v) is 11.6. The molecule has 0 aliphatic heterocycles. The predicted octanol–water partition coefficient (Wildman–Crippen LogP) is 6.01. The summed E-state index contributed by atoms with van der Waals surface area (Å²) < 4.78 is 17.0. The molecule has 4 rings (SSSR count). The molecule has 0 spiro atoms. The zero-order chi connectivity index (χ0) is 24.4.